The number of aryl methyl sites for hydroxylation is 1. The van der Waals surface area contributed by atoms with E-state index in [1.54, 1.807) is 0 Å². The SMILES string of the molecule is Cc1ccccc1N1CCN2CC[N+](C)=C21. The lowest BCUT2D eigenvalue weighted by atomic mass is 10.2. The summed E-state index contributed by atoms with van der Waals surface area (Å²) in [6.45, 7) is 6.79. The molecule has 1 fully saturated rings. The minimum Gasteiger partial charge on any atom is -0.264 e. The van der Waals surface area contributed by atoms with E-state index < -0.39 is 0 Å². The lowest BCUT2D eigenvalue weighted by Gasteiger charge is -2.15. The molecule has 3 heteroatoms. The van der Waals surface area contributed by atoms with Crippen LogP contribution in [0, 0.1) is 6.92 Å². The van der Waals surface area contributed by atoms with Crippen LogP contribution in [0.1, 0.15) is 5.56 Å². The van der Waals surface area contributed by atoms with Gasteiger partial charge < -0.3 is 0 Å². The van der Waals surface area contributed by atoms with Crippen LogP contribution in [0.4, 0.5) is 5.69 Å². The predicted molar refractivity (Wildman–Crippen MR) is 66.2 cm³/mol. The van der Waals surface area contributed by atoms with Crippen molar-refractivity contribution in [2.75, 3.05) is 38.1 Å². The van der Waals surface area contributed by atoms with Crippen molar-refractivity contribution < 1.29 is 4.58 Å². The Hall–Kier alpha value is -1.51. The molecule has 3 nitrogen and oxygen atoms in total. The maximum absolute atomic E-state index is 2.48. The van der Waals surface area contributed by atoms with Gasteiger partial charge >= 0.3 is 5.96 Å². The third-order valence-electron chi connectivity index (χ3n) is 3.57. The molecule has 0 atom stereocenters. The number of benzene rings is 1. The molecule has 0 spiro atoms. The van der Waals surface area contributed by atoms with E-state index in [2.05, 4.69) is 52.6 Å². The van der Waals surface area contributed by atoms with Gasteiger partial charge in [0.05, 0.1) is 26.7 Å². The Kier molecular flexibility index (Phi) is 2.13. The van der Waals surface area contributed by atoms with Gasteiger partial charge in [0.25, 0.3) is 0 Å². The van der Waals surface area contributed by atoms with Gasteiger partial charge in [-0.15, -0.1) is 0 Å². The molecule has 1 aromatic rings. The molecule has 1 aromatic carbocycles. The first kappa shape index (κ1) is 9.70. The first-order valence-corrected chi connectivity index (χ1v) is 5.93. The summed E-state index contributed by atoms with van der Waals surface area (Å²) in [6.07, 6.45) is 0. The average molecular weight is 216 g/mol. The fourth-order valence-electron chi connectivity index (χ4n) is 2.72. The largest absolute Gasteiger partial charge is 0.355 e. The number of hydrogen-bond donors (Lipinski definition) is 0. The molecule has 0 saturated carbocycles. The zero-order valence-electron chi connectivity index (χ0n) is 9.98. The average Bonchev–Trinajstić information content (AvgIpc) is 2.83. The highest BCUT2D eigenvalue weighted by atomic mass is 15.5. The topological polar surface area (TPSA) is 9.49 Å². The molecule has 0 bridgehead atoms. The van der Waals surface area contributed by atoms with Crippen molar-refractivity contribution in [2.45, 2.75) is 6.92 Å². The number of anilines is 1. The van der Waals surface area contributed by atoms with Gasteiger partial charge in [-0.1, -0.05) is 18.2 Å². The zero-order valence-corrected chi connectivity index (χ0v) is 9.98. The van der Waals surface area contributed by atoms with E-state index in [1.807, 2.05) is 0 Å². The summed E-state index contributed by atoms with van der Waals surface area (Å²) in [7, 11) is 2.19. The first-order chi connectivity index (χ1) is 7.77. The molecule has 2 aliphatic heterocycles. The number of guanidine groups is 1. The molecule has 0 amide bonds. The van der Waals surface area contributed by atoms with E-state index >= 15 is 0 Å². The number of rotatable bonds is 1. The maximum Gasteiger partial charge on any atom is 0.355 e. The fourth-order valence-corrected chi connectivity index (χ4v) is 2.72. The van der Waals surface area contributed by atoms with Crippen LogP contribution in [0.15, 0.2) is 24.3 Å². The molecule has 0 unspecified atom stereocenters. The lowest BCUT2D eigenvalue weighted by Crippen LogP contribution is -2.34. The van der Waals surface area contributed by atoms with Gasteiger partial charge in [-0.2, -0.15) is 0 Å². The highest BCUT2D eigenvalue weighted by molar-refractivity contribution is 5.95. The Morgan fingerprint density at radius 2 is 1.94 bits per heavy atom. The van der Waals surface area contributed by atoms with E-state index in [9.17, 15) is 0 Å². The molecular weight excluding hydrogens is 198 g/mol. The van der Waals surface area contributed by atoms with Gasteiger partial charge in [0.2, 0.25) is 0 Å². The Balaban J connectivity index is 2.03. The summed E-state index contributed by atoms with van der Waals surface area (Å²) in [5.74, 6) is 1.38. The summed E-state index contributed by atoms with van der Waals surface area (Å²) < 4.78 is 2.36. The van der Waals surface area contributed by atoms with Crippen molar-refractivity contribution in [2.24, 2.45) is 0 Å². The molecule has 1 saturated heterocycles. The van der Waals surface area contributed by atoms with E-state index in [4.69, 9.17) is 0 Å². The highest BCUT2D eigenvalue weighted by Crippen LogP contribution is 2.24. The van der Waals surface area contributed by atoms with Crippen molar-refractivity contribution >= 4 is 11.6 Å². The minimum absolute atomic E-state index is 1.12. The third kappa shape index (κ3) is 1.31. The Morgan fingerprint density at radius 3 is 2.75 bits per heavy atom. The quantitative estimate of drug-likeness (QED) is 0.651. The summed E-state index contributed by atoms with van der Waals surface area (Å²) in [5.41, 5.74) is 2.71. The molecule has 0 aromatic heterocycles. The molecule has 0 aliphatic carbocycles. The second kappa shape index (κ2) is 3.51. The van der Waals surface area contributed by atoms with Crippen LogP contribution in [-0.4, -0.2) is 48.7 Å². The summed E-state index contributed by atoms with van der Waals surface area (Å²) >= 11 is 0. The fraction of sp³-hybridized carbons (Fsp3) is 0.462. The number of para-hydroxylation sites is 1. The first-order valence-electron chi connectivity index (χ1n) is 5.93. The normalized spacial score (nSPS) is 19.6. The number of likely N-dealkylation sites (N-methyl/N-ethyl adjacent to an activating group) is 1. The standard InChI is InChI=1S/C13H18N3/c1-11-5-3-4-6-12(11)16-10-9-15-8-7-14(2)13(15)16/h3-6H,7-10H2,1-2H3/q+1. The van der Waals surface area contributed by atoms with Gasteiger partial charge in [-0.3, -0.25) is 9.48 Å². The smallest absolute Gasteiger partial charge is 0.264 e. The van der Waals surface area contributed by atoms with Crippen LogP contribution in [0.25, 0.3) is 0 Å². The highest BCUT2D eigenvalue weighted by Gasteiger charge is 2.40. The van der Waals surface area contributed by atoms with Crippen LogP contribution >= 0.6 is 0 Å². The zero-order chi connectivity index (χ0) is 11.1. The summed E-state index contributed by atoms with van der Waals surface area (Å²) in [4.78, 5) is 4.93. The summed E-state index contributed by atoms with van der Waals surface area (Å²) in [6, 6.07) is 8.64. The molecule has 3 rings (SSSR count). The van der Waals surface area contributed by atoms with Crippen LogP contribution in [0.5, 0.6) is 0 Å². The predicted octanol–water partition coefficient (Wildman–Crippen LogP) is 1.13. The van der Waals surface area contributed by atoms with Crippen LogP contribution < -0.4 is 4.90 Å². The van der Waals surface area contributed by atoms with E-state index in [-0.39, 0.29) is 0 Å². The Morgan fingerprint density at radius 1 is 1.12 bits per heavy atom. The third-order valence-corrected chi connectivity index (χ3v) is 3.57. The van der Waals surface area contributed by atoms with Crippen LogP contribution in [0.3, 0.4) is 0 Å². The van der Waals surface area contributed by atoms with Gasteiger partial charge in [-0.25, -0.2) is 4.90 Å². The number of nitrogens with zero attached hydrogens (tertiary/aromatic N) is 3. The van der Waals surface area contributed by atoms with Crippen molar-refractivity contribution in [1.82, 2.24) is 4.90 Å². The lowest BCUT2D eigenvalue weighted by molar-refractivity contribution is -0.487. The van der Waals surface area contributed by atoms with Gasteiger partial charge in [0.1, 0.15) is 12.2 Å². The molecule has 2 aliphatic rings. The second-order valence-corrected chi connectivity index (χ2v) is 4.65. The van der Waals surface area contributed by atoms with E-state index in [0.717, 1.165) is 19.6 Å². The van der Waals surface area contributed by atoms with Crippen molar-refractivity contribution in [3.05, 3.63) is 29.8 Å². The van der Waals surface area contributed by atoms with Gasteiger partial charge in [-0.05, 0) is 18.6 Å². The van der Waals surface area contributed by atoms with Crippen LogP contribution in [-0.2, 0) is 0 Å². The minimum atomic E-state index is 1.12. The number of hydrogen-bond acceptors (Lipinski definition) is 2. The van der Waals surface area contributed by atoms with Crippen molar-refractivity contribution in [3.63, 3.8) is 0 Å². The van der Waals surface area contributed by atoms with Crippen molar-refractivity contribution in [3.8, 4) is 0 Å². The van der Waals surface area contributed by atoms with Gasteiger partial charge in [0, 0.05) is 0 Å². The summed E-state index contributed by atoms with van der Waals surface area (Å²) in [5, 5.41) is 0. The monoisotopic (exact) mass is 216 g/mol. The van der Waals surface area contributed by atoms with E-state index in [1.165, 1.54) is 23.8 Å². The Bertz CT molecular complexity index is 450. The molecule has 2 heterocycles. The molecule has 16 heavy (non-hydrogen) atoms. The van der Waals surface area contributed by atoms with Crippen molar-refractivity contribution in [1.29, 1.82) is 0 Å². The Labute approximate surface area is 96.6 Å². The molecule has 0 radical (unpaired) electrons. The second-order valence-electron chi connectivity index (χ2n) is 4.65. The maximum atomic E-state index is 2.48. The number of fused-ring (bicyclic) bond motifs is 1. The molecule has 84 valence electrons. The molecular formula is C13H18N3+. The van der Waals surface area contributed by atoms with E-state index in [0.29, 0.717) is 0 Å². The molecule has 0 N–H and O–H groups in total. The van der Waals surface area contributed by atoms with Crippen LogP contribution in [0.2, 0.25) is 0 Å². The van der Waals surface area contributed by atoms with Gasteiger partial charge in [0.15, 0.2) is 0 Å².